The number of piperidine rings is 1. The highest BCUT2D eigenvalue weighted by molar-refractivity contribution is 5.83. The van der Waals surface area contributed by atoms with Crippen LogP contribution in [0.25, 0.3) is 0 Å². The van der Waals surface area contributed by atoms with Gasteiger partial charge in [-0.1, -0.05) is 6.92 Å². The number of nitrogens with zero attached hydrogens (tertiary/aromatic N) is 3. The molecule has 3 aliphatic heterocycles. The zero-order chi connectivity index (χ0) is 29.9. The van der Waals surface area contributed by atoms with Crippen molar-refractivity contribution in [3.05, 3.63) is 0 Å². The van der Waals surface area contributed by atoms with E-state index in [0.717, 1.165) is 4.90 Å². The second kappa shape index (κ2) is 10.3. The average molecular weight is 576 g/mol. The van der Waals surface area contributed by atoms with Crippen LogP contribution in [0.5, 0.6) is 0 Å². The van der Waals surface area contributed by atoms with Crippen LogP contribution in [0.2, 0.25) is 0 Å². The van der Waals surface area contributed by atoms with Gasteiger partial charge < -0.3 is 24.0 Å². The minimum absolute atomic E-state index is 0.0453. The van der Waals surface area contributed by atoms with Crippen molar-refractivity contribution in [1.29, 1.82) is 0 Å². The molecule has 4 aliphatic rings. The van der Waals surface area contributed by atoms with Crippen molar-refractivity contribution in [2.24, 2.45) is 5.92 Å². The van der Waals surface area contributed by atoms with Gasteiger partial charge in [0, 0.05) is 32.2 Å². The minimum Gasteiger partial charge on any atom is -0.460 e. The Balaban J connectivity index is 1.43. The van der Waals surface area contributed by atoms with Gasteiger partial charge in [0.05, 0.1) is 30.2 Å². The molecule has 0 N–H and O–H groups in total. The second-order valence-electron chi connectivity index (χ2n) is 14.2. The summed E-state index contributed by atoms with van der Waals surface area (Å²) in [5.74, 6) is -2.09. The molecule has 0 aromatic carbocycles. The van der Waals surface area contributed by atoms with E-state index >= 15 is 0 Å². The number of carbonyl (C=O) groups excluding carboxylic acids is 3. The molecule has 1 aliphatic carbocycles. The number of amides is 2. The maximum Gasteiger partial charge on any atom is 0.471 e. The topological polar surface area (TPSA) is 88.6 Å². The lowest BCUT2D eigenvalue weighted by atomic mass is 9.79. The third-order valence-electron chi connectivity index (χ3n) is 8.35. The summed E-state index contributed by atoms with van der Waals surface area (Å²) in [5.41, 5.74) is -2.54. The quantitative estimate of drug-likeness (QED) is 0.456. The van der Waals surface area contributed by atoms with E-state index in [9.17, 15) is 27.6 Å². The molecule has 9 nitrogen and oxygen atoms in total. The van der Waals surface area contributed by atoms with E-state index < -0.39 is 52.6 Å². The van der Waals surface area contributed by atoms with Gasteiger partial charge in [0.1, 0.15) is 11.2 Å². The Morgan fingerprint density at radius 3 is 2.00 bits per heavy atom. The summed E-state index contributed by atoms with van der Waals surface area (Å²) in [4.78, 5) is 42.7. The highest BCUT2D eigenvalue weighted by Crippen LogP contribution is 2.46. The normalized spacial score (nSPS) is 28.1. The third-order valence-corrected chi connectivity index (χ3v) is 8.35. The molecule has 3 atom stereocenters. The number of hydrogen-bond donors (Lipinski definition) is 0. The summed E-state index contributed by atoms with van der Waals surface area (Å²) in [5, 5.41) is 0. The smallest absolute Gasteiger partial charge is 0.460 e. The van der Waals surface area contributed by atoms with E-state index in [0.29, 0.717) is 51.9 Å². The fourth-order valence-electron chi connectivity index (χ4n) is 6.35. The maximum absolute atomic E-state index is 13.4. The summed E-state index contributed by atoms with van der Waals surface area (Å²) >= 11 is 0. The monoisotopic (exact) mass is 575 g/mol. The lowest BCUT2D eigenvalue weighted by Gasteiger charge is -2.57. The summed E-state index contributed by atoms with van der Waals surface area (Å²) in [6, 6.07) is -1.01. The molecule has 3 heterocycles. The Labute approximate surface area is 234 Å². The first-order valence-electron chi connectivity index (χ1n) is 14.2. The second-order valence-corrected chi connectivity index (χ2v) is 14.2. The Morgan fingerprint density at radius 1 is 0.975 bits per heavy atom. The van der Waals surface area contributed by atoms with E-state index in [1.807, 2.05) is 6.92 Å². The molecule has 4 fully saturated rings. The van der Waals surface area contributed by atoms with Crippen LogP contribution in [0.15, 0.2) is 0 Å². The molecule has 3 saturated heterocycles. The summed E-state index contributed by atoms with van der Waals surface area (Å²) in [6.45, 7) is 14.5. The number of alkyl halides is 3. The number of likely N-dealkylation sites (tertiary alicyclic amines) is 2. The van der Waals surface area contributed by atoms with Crippen LogP contribution >= 0.6 is 0 Å². The lowest BCUT2D eigenvalue weighted by molar-refractivity contribution is -0.188. The number of ether oxygens (including phenoxy) is 3. The van der Waals surface area contributed by atoms with Crippen LogP contribution in [0, 0.1) is 5.92 Å². The van der Waals surface area contributed by atoms with Gasteiger partial charge in [-0.2, -0.15) is 13.2 Å². The highest BCUT2D eigenvalue weighted by Gasteiger charge is 2.58. The first-order chi connectivity index (χ1) is 18.2. The van der Waals surface area contributed by atoms with E-state index in [1.165, 1.54) is 0 Å². The van der Waals surface area contributed by atoms with Crippen molar-refractivity contribution in [2.45, 2.75) is 121 Å². The maximum atomic E-state index is 13.4. The number of carbonyl (C=O) groups is 3. The number of halogens is 3. The molecule has 1 saturated carbocycles. The molecule has 1 unspecified atom stereocenters. The molecular weight excluding hydrogens is 531 g/mol. The molecule has 1 spiro atoms. The molecule has 0 bridgehead atoms. The van der Waals surface area contributed by atoms with Crippen LogP contribution in [0.4, 0.5) is 18.0 Å². The third kappa shape index (κ3) is 6.86. The van der Waals surface area contributed by atoms with Crippen LogP contribution in [0.3, 0.4) is 0 Å². The van der Waals surface area contributed by atoms with Crippen molar-refractivity contribution < 1.29 is 41.8 Å². The predicted molar refractivity (Wildman–Crippen MR) is 139 cm³/mol. The SMILES string of the molecule is C[C@@H]1C[C@H]1N(C(=O)C(F)(F)F)C1COC2(CCN(C3(CC(=O)OC(C)(C)C)CN(C(=O)OC(C)(C)C)C3)CC2)C1. The van der Waals surface area contributed by atoms with Gasteiger partial charge >= 0.3 is 24.1 Å². The van der Waals surface area contributed by atoms with Crippen molar-refractivity contribution in [1.82, 2.24) is 14.7 Å². The predicted octanol–water partition coefficient (Wildman–Crippen LogP) is 4.13. The van der Waals surface area contributed by atoms with E-state index in [1.54, 1.807) is 46.4 Å². The van der Waals surface area contributed by atoms with E-state index in [-0.39, 0.29) is 24.9 Å². The van der Waals surface area contributed by atoms with Gasteiger partial charge in [-0.25, -0.2) is 4.79 Å². The molecule has 40 heavy (non-hydrogen) atoms. The lowest BCUT2D eigenvalue weighted by Crippen LogP contribution is -2.73. The number of hydrogen-bond acceptors (Lipinski definition) is 7. The van der Waals surface area contributed by atoms with Crippen LogP contribution in [0.1, 0.15) is 80.6 Å². The summed E-state index contributed by atoms with van der Waals surface area (Å²) < 4.78 is 57.5. The van der Waals surface area contributed by atoms with Gasteiger partial charge in [0.25, 0.3) is 0 Å². The number of esters is 1. The van der Waals surface area contributed by atoms with Crippen molar-refractivity contribution in [3.8, 4) is 0 Å². The summed E-state index contributed by atoms with van der Waals surface area (Å²) in [7, 11) is 0. The molecule has 0 aromatic rings. The first kappa shape index (κ1) is 30.9. The Morgan fingerprint density at radius 2 is 1.52 bits per heavy atom. The molecule has 2 amide bonds. The Hall–Kier alpha value is -2.08. The van der Waals surface area contributed by atoms with Crippen LogP contribution < -0.4 is 0 Å². The van der Waals surface area contributed by atoms with Gasteiger partial charge in [-0.3, -0.25) is 14.5 Å². The van der Waals surface area contributed by atoms with Crippen molar-refractivity contribution >= 4 is 18.0 Å². The van der Waals surface area contributed by atoms with Crippen LogP contribution in [-0.2, 0) is 23.8 Å². The van der Waals surface area contributed by atoms with Crippen molar-refractivity contribution in [2.75, 3.05) is 32.8 Å². The largest absolute Gasteiger partial charge is 0.471 e. The zero-order valence-electron chi connectivity index (χ0n) is 24.7. The van der Waals surface area contributed by atoms with Gasteiger partial charge in [-0.15, -0.1) is 0 Å². The first-order valence-corrected chi connectivity index (χ1v) is 14.2. The summed E-state index contributed by atoms with van der Waals surface area (Å²) in [6.07, 6.45) is -3.21. The van der Waals surface area contributed by atoms with Crippen molar-refractivity contribution in [3.63, 3.8) is 0 Å². The fourth-order valence-corrected chi connectivity index (χ4v) is 6.35. The molecular formula is C28H44F3N3O6. The standard InChI is InChI=1S/C28H44F3N3O6/c1-18-12-20(18)34(22(36)28(29,30)31)19-13-27(38-15-19)8-10-33(11-9-27)26(14-21(35)39-24(2,3)4)16-32(17-26)23(37)40-25(5,6)7/h18-20H,8-17H2,1-7H3/t18-,19?,20-/m1/s1. The van der Waals surface area contributed by atoms with Gasteiger partial charge in [-0.05, 0) is 73.1 Å². The Bertz CT molecular complexity index is 991. The van der Waals surface area contributed by atoms with Gasteiger partial charge in [0.2, 0.25) is 0 Å². The Kier molecular flexibility index (Phi) is 7.97. The van der Waals surface area contributed by atoms with Gasteiger partial charge in [0.15, 0.2) is 0 Å². The molecule has 228 valence electrons. The molecule has 4 rings (SSSR count). The highest BCUT2D eigenvalue weighted by atomic mass is 19.4. The fraction of sp³-hybridized carbons (Fsp3) is 0.893. The molecule has 0 radical (unpaired) electrons. The number of rotatable bonds is 5. The minimum atomic E-state index is -4.92. The van der Waals surface area contributed by atoms with Crippen LogP contribution in [-0.4, -0.2) is 106 Å². The average Bonchev–Trinajstić information content (AvgIpc) is 3.33. The molecule has 0 aromatic heterocycles. The van der Waals surface area contributed by atoms with E-state index in [4.69, 9.17) is 14.2 Å². The molecule has 12 heteroatoms. The zero-order valence-corrected chi connectivity index (χ0v) is 24.7. The van der Waals surface area contributed by atoms with E-state index in [2.05, 4.69) is 4.90 Å².